The van der Waals surface area contributed by atoms with Gasteiger partial charge in [0.1, 0.15) is 0 Å². The van der Waals surface area contributed by atoms with Crippen LogP contribution in [0.1, 0.15) is 31.9 Å². The SMILES string of the molecule is CCC1CCN(Cc2ccn(C)n2)C(CN)C1. The molecular weight excluding hydrogens is 212 g/mol. The van der Waals surface area contributed by atoms with E-state index in [9.17, 15) is 0 Å². The van der Waals surface area contributed by atoms with E-state index < -0.39 is 0 Å². The molecule has 1 fully saturated rings. The molecule has 2 rings (SSSR count). The average molecular weight is 236 g/mol. The van der Waals surface area contributed by atoms with E-state index in [4.69, 9.17) is 5.73 Å². The van der Waals surface area contributed by atoms with Crippen molar-refractivity contribution in [2.45, 2.75) is 38.8 Å². The van der Waals surface area contributed by atoms with Gasteiger partial charge in [0.2, 0.25) is 0 Å². The third kappa shape index (κ3) is 3.07. The summed E-state index contributed by atoms with van der Waals surface area (Å²) in [5.74, 6) is 0.864. The Morgan fingerprint density at radius 1 is 1.53 bits per heavy atom. The monoisotopic (exact) mass is 236 g/mol. The Balaban J connectivity index is 1.95. The van der Waals surface area contributed by atoms with Crippen LogP contribution in [0.2, 0.25) is 0 Å². The molecular formula is C13H24N4. The fourth-order valence-corrected chi connectivity index (χ4v) is 2.76. The fourth-order valence-electron chi connectivity index (χ4n) is 2.76. The van der Waals surface area contributed by atoms with Crippen LogP contribution in [0.25, 0.3) is 0 Å². The summed E-state index contributed by atoms with van der Waals surface area (Å²) in [7, 11) is 1.97. The van der Waals surface area contributed by atoms with Crippen molar-refractivity contribution in [1.29, 1.82) is 0 Å². The molecule has 1 saturated heterocycles. The molecule has 2 atom stereocenters. The van der Waals surface area contributed by atoms with Crippen LogP contribution in [0, 0.1) is 5.92 Å². The summed E-state index contributed by atoms with van der Waals surface area (Å²) in [6.07, 6.45) is 5.85. The Hall–Kier alpha value is -0.870. The van der Waals surface area contributed by atoms with Gasteiger partial charge in [0, 0.05) is 32.4 Å². The van der Waals surface area contributed by atoms with Gasteiger partial charge in [-0.1, -0.05) is 13.3 Å². The third-order valence-corrected chi connectivity index (χ3v) is 3.93. The Morgan fingerprint density at radius 2 is 2.35 bits per heavy atom. The highest BCUT2D eigenvalue weighted by Crippen LogP contribution is 2.25. The van der Waals surface area contributed by atoms with Gasteiger partial charge in [0.25, 0.3) is 0 Å². The van der Waals surface area contributed by atoms with Gasteiger partial charge in [-0.3, -0.25) is 9.58 Å². The van der Waals surface area contributed by atoms with Gasteiger partial charge in [0.05, 0.1) is 5.69 Å². The van der Waals surface area contributed by atoms with Crippen molar-refractivity contribution in [2.24, 2.45) is 18.7 Å². The van der Waals surface area contributed by atoms with Crippen molar-refractivity contribution >= 4 is 0 Å². The second-order valence-electron chi connectivity index (χ2n) is 5.14. The molecule has 0 bridgehead atoms. The molecule has 0 aromatic carbocycles. The van der Waals surface area contributed by atoms with Gasteiger partial charge in [-0.15, -0.1) is 0 Å². The first-order valence-electron chi connectivity index (χ1n) is 6.65. The number of likely N-dealkylation sites (tertiary alicyclic amines) is 1. The topological polar surface area (TPSA) is 47.1 Å². The molecule has 1 aromatic heterocycles. The molecule has 96 valence electrons. The lowest BCUT2D eigenvalue weighted by Crippen LogP contribution is -2.46. The van der Waals surface area contributed by atoms with Crippen LogP contribution in [-0.2, 0) is 13.6 Å². The molecule has 2 N–H and O–H groups in total. The van der Waals surface area contributed by atoms with E-state index in [-0.39, 0.29) is 0 Å². The van der Waals surface area contributed by atoms with Gasteiger partial charge in [-0.2, -0.15) is 5.10 Å². The van der Waals surface area contributed by atoms with E-state index >= 15 is 0 Å². The first-order chi connectivity index (χ1) is 8.22. The first kappa shape index (κ1) is 12.6. The van der Waals surface area contributed by atoms with Crippen molar-refractivity contribution in [3.05, 3.63) is 18.0 Å². The van der Waals surface area contributed by atoms with Crippen molar-refractivity contribution in [2.75, 3.05) is 13.1 Å². The summed E-state index contributed by atoms with van der Waals surface area (Å²) in [4.78, 5) is 2.49. The third-order valence-electron chi connectivity index (χ3n) is 3.93. The summed E-state index contributed by atoms with van der Waals surface area (Å²) >= 11 is 0. The minimum Gasteiger partial charge on any atom is -0.329 e. The zero-order chi connectivity index (χ0) is 12.3. The summed E-state index contributed by atoms with van der Waals surface area (Å²) in [6, 6.07) is 2.63. The normalized spacial score (nSPS) is 26.3. The molecule has 0 radical (unpaired) electrons. The minimum absolute atomic E-state index is 0.538. The molecule has 0 spiro atoms. The van der Waals surface area contributed by atoms with E-state index in [0.29, 0.717) is 6.04 Å². The fraction of sp³-hybridized carbons (Fsp3) is 0.769. The zero-order valence-corrected chi connectivity index (χ0v) is 11.0. The zero-order valence-electron chi connectivity index (χ0n) is 11.0. The second-order valence-corrected chi connectivity index (χ2v) is 5.14. The Bertz CT molecular complexity index is 347. The first-order valence-corrected chi connectivity index (χ1v) is 6.65. The molecule has 17 heavy (non-hydrogen) atoms. The number of hydrogen-bond donors (Lipinski definition) is 1. The predicted molar refractivity (Wildman–Crippen MR) is 69.5 cm³/mol. The van der Waals surface area contributed by atoms with Gasteiger partial charge in [0.15, 0.2) is 0 Å². The molecule has 1 aliphatic heterocycles. The lowest BCUT2D eigenvalue weighted by Gasteiger charge is -2.38. The molecule has 2 unspecified atom stereocenters. The van der Waals surface area contributed by atoms with Crippen molar-refractivity contribution in [1.82, 2.24) is 14.7 Å². The number of nitrogens with zero attached hydrogens (tertiary/aromatic N) is 3. The summed E-state index contributed by atoms with van der Waals surface area (Å²) in [6.45, 7) is 5.16. The summed E-state index contributed by atoms with van der Waals surface area (Å²) in [5, 5.41) is 4.45. The highest BCUT2D eigenvalue weighted by atomic mass is 15.3. The highest BCUT2D eigenvalue weighted by molar-refractivity contribution is 4.99. The quantitative estimate of drug-likeness (QED) is 0.859. The van der Waals surface area contributed by atoms with Gasteiger partial charge in [-0.25, -0.2) is 0 Å². The van der Waals surface area contributed by atoms with Crippen LogP contribution in [0.5, 0.6) is 0 Å². The minimum atomic E-state index is 0.538. The molecule has 0 aliphatic carbocycles. The summed E-state index contributed by atoms with van der Waals surface area (Å²) < 4.78 is 1.87. The van der Waals surface area contributed by atoms with Gasteiger partial charge < -0.3 is 5.73 Å². The van der Waals surface area contributed by atoms with E-state index in [1.54, 1.807) is 0 Å². The smallest absolute Gasteiger partial charge is 0.0764 e. The van der Waals surface area contributed by atoms with E-state index in [1.807, 2.05) is 17.9 Å². The standard InChI is InChI=1S/C13H24N4/c1-3-11-4-7-17(13(8-11)9-14)10-12-5-6-16(2)15-12/h5-6,11,13H,3-4,7-10,14H2,1-2H3. The molecule has 4 nitrogen and oxygen atoms in total. The van der Waals surface area contributed by atoms with Crippen LogP contribution in [0.15, 0.2) is 12.3 Å². The van der Waals surface area contributed by atoms with Crippen molar-refractivity contribution in [3.8, 4) is 0 Å². The highest BCUT2D eigenvalue weighted by Gasteiger charge is 2.26. The average Bonchev–Trinajstić information content (AvgIpc) is 2.75. The van der Waals surface area contributed by atoms with Crippen LogP contribution in [0.3, 0.4) is 0 Å². The van der Waals surface area contributed by atoms with E-state index in [0.717, 1.165) is 31.2 Å². The van der Waals surface area contributed by atoms with Crippen LogP contribution in [-0.4, -0.2) is 33.8 Å². The Kier molecular flexibility index (Phi) is 4.18. The maximum atomic E-state index is 5.90. The number of hydrogen-bond acceptors (Lipinski definition) is 3. The van der Waals surface area contributed by atoms with Crippen LogP contribution in [0.4, 0.5) is 0 Å². The maximum Gasteiger partial charge on any atom is 0.0764 e. The molecule has 4 heteroatoms. The molecule has 0 amide bonds. The lowest BCUT2D eigenvalue weighted by atomic mass is 9.89. The predicted octanol–water partition coefficient (Wildman–Crippen LogP) is 1.37. The lowest BCUT2D eigenvalue weighted by molar-refractivity contribution is 0.106. The number of aromatic nitrogens is 2. The molecule has 0 saturated carbocycles. The van der Waals surface area contributed by atoms with Crippen LogP contribution < -0.4 is 5.73 Å². The largest absolute Gasteiger partial charge is 0.329 e. The maximum absolute atomic E-state index is 5.90. The molecule has 1 aliphatic rings. The summed E-state index contributed by atoms with van der Waals surface area (Å²) in [5.41, 5.74) is 7.06. The Labute approximate surface area is 104 Å². The van der Waals surface area contributed by atoms with Gasteiger partial charge in [-0.05, 0) is 31.4 Å². The molecule has 2 heterocycles. The van der Waals surface area contributed by atoms with Gasteiger partial charge >= 0.3 is 0 Å². The van der Waals surface area contributed by atoms with Crippen molar-refractivity contribution in [3.63, 3.8) is 0 Å². The number of aryl methyl sites for hydroxylation is 1. The number of rotatable bonds is 4. The van der Waals surface area contributed by atoms with E-state index in [1.165, 1.54) is 19.3 Å². The Morgan fingerprint density at radius 3 is 2.94 bits per heavy atom. The van der Waals surface area contributed by atoms with E-state index in [2.05, 4.69) is 23.0 Å². The number of piperidine rings is 1. The van der Waals surface area contributed by atoms with Crippen LogP contribution >= 0.6 is 0 Å². The number of nitrogens with two attached hydrogens (primary N) is 1. The molecule has 1 aromatic rings. The second kappa shape index (κ2) is 5.65. The van der Waals surface area contributed by atoms with Crippen molar-refractivity contribution < 1.29 is 0 Å².